The number of hydrogen-bond donors (Lipinski definition) is 0. The fourth-order valence-electron chi connectivity index (χ4n) is 3.06. The molecular weight excluding hydrogens is 489 g/mol. The van der Waals surface area contributed by atoms with Crippen molar-refractivity contribution in [1.82, 2.24) is 19.9 Å². The Kier molecular flexibility index (Phi) is 8.03. The van der Waals surface area contributed by atoms with Crippen molar-refractivity contribution in [2.45, 2.75) is 45.6 Å². The number of carbonyl (C=O) groups excluding carboxylic acids is 2. The Labute approximate surface area is 185 Å². The Hall–Kier alpha value is -1.69. The number of anilines is 1. The monoisotopic (exact) mass is 519 g/mol. The third kappa shape index (κ3) is 6.39. The van der Waals surface area contributed by atoms with Gasteiger partial charge in [-0.05, 0) is 49.3 Å². The van der Waals surface area contributed by atoms with E-state index in [2.05, 4.69) is 37.5 Å². The normalized spacial score (nSPS) is 15.8. The van der Waals surface area contributed by atoms with Crippen LogP contribution in [0.4, 0.5) is 10.6 Å². The maximum Gasteiger partial charge on any atom is 0.410 e. The number of piperazine rings is 1. The Morgan fingerprint density at radius 2 is 1.86 bits per heavy atom. The van der Waals surface area contributed by atoms with E-state index in [1.807, 2.05) is 27.7 Å². The van der Waals surface area contributed by atoms with Crippen LogP contribution in [-0.4, -0.2) is 77.9 Å². The first-order chi connectivity index (χ1) is 13.5. The minimum absolute atomic E-state index is 0.0768. The van der Waals surface area contributed by atoms with Gasteiger partial charge >= 0.3 is 6.09 Å². The molecule has 1 aliphatic heterocycles. The van der Waals surface area contributed by atoms with E-state index < -0.39 is 5.60 Å². The molecule has 0 radical (unpaired) electrons. The maximum atomic E-state index is 12.3. The van der Waals surface area contributed by atoms with Crippen LogP contribution in [0.3, 0.4) is 0 Å². The second kappa shape index (κ2) is 9.88. The van der Waals surface area contributed by atoms with Gasteiger partial charge in [-0.25, -0.2) is 19.8 Å². The Balaban J connectivity index is 2.11. The first kappa shape index (κ1) is 23.6. The van der Waals surface area contributed by atoms with Gasteiger partial charge in [-0.2, -0.15) is 0 Å². The lowest BCUT2D eigenvalue weighted by Gasteiger charge is -2.37. The van der Waals surface area contributed by atoms with E-state index in [-0.39, 0.29) is 17.9 Å². The van der Waals surface area contributed by atoms with Gasteiger partial charge in [0, 0.05) is 45.2 Å². The summed E-state index contributed by atoms with van der Waals surface area (Å²) in [5.74, 6) is 0.626. The maximum absolute atomic E-state index is 12.3. The lowest BCUT2D eigenvalue weighted by atomic mass is 9.98. The van der Waals surface area contributed by atoms with E-state index in [0.29, 0.717) is 32.6 Å². The molecule has 1 atom stereocenters. The summed E-state index contributed by atoms with van der Waals surface area (Å²) < 4.78 is 6.29. The van der Waals surface area contributed by atoms with Crippen LogP contribution in [0.25, 0.3) is 0 Å². The third-order valence-electron chi connectivity index (χ3n) is 4.64. The Morgan fingerprint density at radius 1 is 1.24 bits per heavy atom. The molecule has 9 nitrogen and oxygen atoms in total. The summed E-state index contributed by atoms with van der Waals surface area (Å²) in [4.78, 5) is 42.2. The number of aromatic nitrogens is 2. The number of rotatable bonds is 5. The van der Waals surface area contributed by atoms with Crippen LogP contribution in [-0.2, 0) is 14.4 Å². The lowest BCUT2D eigenvalue weighted by Crippen LogP contribution is -2.50. The van der Waals surface area contributed by atoms with Crippen molar-refractivity contribution in [3.63, 3.8) is 0 Å². The van der Waals surface area contributed by atoms with Gasteiger partial charge in [0.15, 0.2) is 0 Å². The number of amides is 2. The van der Waals surface area contributed by atoms with Crippen LogP contribution in [0.2, 0.25) is 0 Å². The van der Waals surface area contributed by atoms with Crippen LogP contribution < -0.4 is 4.90 Å². The molecule has 0 aromatic carbocycles. The van der Waals surface area contributed by atoms with Crippen molar-refractivity contribution in [2.24, 2.45) is 0 Å². The zero-order valence-electron chi connectivity index (χ0n) is 17.9. The van der Waals surface area contributed by atoms with Crippen LogP contribution in [0.5, 0.6) is 0 Å². The average Bonchev–Trinajstić information content (AvgIpc) is 2.65. The van der Waals surface area contributed by atoms with Gasteiger partial charge in [0.05, 0.1) is 7.11 Å². The highest BCUT2D eigenvalue weighted by molar-refractivity contribution is 14.1. The van der Waals surface area contributed by atoms with Crippen molar-refractivity contribution in [1.29, 1.82) is 0 Å². The molecule has 1 aromatic rings. The Bertz CT molecular complexity index is 732. The van der Waals surface area contributed by atoms with Crippen molar-refractivity contribution in [2.75, 3.05) is 45.2 Å². The zero-order chi connectivity index (χ0) is 21.8. The predicted molar refractivity (Wildman–Crippen MR) is 118 cm³/mol. The minimum Gasteiger partial charge on any atom is -0.444 e. The molecule has 1 aromatic heterocycles. The summed E-state index contributed by atoms with van der Waals surface area (Å²) in [5, 5.41) is 1.23. The fraction of sp³-hybridized carbons (Fsp3) is 0.684. The largest absolute Gasteiger partial charge is 0.444 e. The van der Waals surface area contributed by atoms with Gasteiger partial charge in [-0.1, -0.05) is 6.92 Å². The van der Waals surface area contributed by atoms with Gasteiger partial charge in [-0.3, -0.25) is 9.63 Å². The standard InChI is InChI=1S/C19H30IN5O4/c1-13(11-14(26)23(5)28-6)15-16(20)21-12-22-17(15)24-7-9-25(10-8-24)18(27)29-19(2,3)4/h12-13H,7-11H2,1-6H3. The first-order valence-electron chi connectivity index (χ1n) is 9.57. The van der Waals surface area contributed by atoms with Crippen LogP contribution in [0, 0.1) is 3.70 Å². The lowest BCUT2D eigenvalue weighted by molar-refractivity contribution is -0.169. The number of nitrogens with zero attached hydrogens (tertiary/aromatic N) is 5. The van der Waals surface area contributed by atoms with Crippen LogP contribution >= 0.6 is 22.6 Å². The molecule has 2 amide bonds. The van der Waals surface area contributed by atoms with E-state index in [4.69, 9.17) is 9.57 Å². The van der Waals surface area contributed by atoms with Gasteiger partial charge < -0.3 is 14.5 Å². The molecule has 1 aliphatic rings. The van der Waals surface area contributed by atoms with E-state index in [9.17, 15) is 9.59 Å². The second-order valence-corrected chi connectivity index (χ2v) is 9.06. The quantitative estimate of drug-likeness (QED) is 0.336. The molecule has 0 spiro atoms. The summed E-state index contributed by atoms with van der Waals surface area (Å²) in [6.45, 7) is 9.95. The molecule has 0 aliphatic carbocycles. The van der Waals surface area contributed by atoms with Gasteiger partial charge in [0.25, 0.3) is 0 Å². The number of halogens is 1. The minimum atomic E-state index is -0.512. The van der Waals surface area contributed by atoms with Crippen molar-refractivity contribution in [3.8, 4) is 0 Å². The number of carbonyl (C=O) groups is 2. The topological polar surface area (TPSA) is 88.1 Å². The molecule has 0 bridgehead atoms. The van der Waals surface area contributed by atoms with Gasteiger partial charge in [0.2, 0.25) is 5.91 Å². The van der Waals surface area contributed by atoms with Crippen molar-refractivity contribution < 1.29 is 19.2 Å². The van der Waals surface area contributed by atoms with Gasteiger partial charge in [0.1, 0.15) is 21.4 Å². The summed E-state index contributed by atoms with van der Waals surface area (Å²) in [6.07, 6.45) is 1.53. The van der Waals surface area contributed by atoms with Crippen LogP contribution in [0.15, 0.2) is 6.33 Å². The molecule has 0 N–H and O–H groups in total. The summed E-state index contributed by atoms with van der Waals surface area (Å²) >= 11 is 2.18. The zero-order valence-corrected chi connectivity index (χ0v) is 20.1. The van der Waals surface area contributed by atoms with Gasteiger partial charge in [-0.15, -0.1) is 0 Å². The molecule has 29 heavy (non-hydrogen) atoms. The molecule has 2 rings (SSSR count). The molecule has 1 saturated heterocycles. The molecular formula is C19H30IN5O4. The molecule has 1 unspecified atom stereocenters. The van der Waals surface area contributed by atoms with Crippen molar-refractivity contribution in [3.05, 3.63) is 15.6 Å². The molecule has 2 heterocycles. The van der Waals surface area contributed by atoms with Crippen molar-refractivity contribution >= 4 is 40.4 Å². The number of ether oxygens (including phenoxy) is 1. The highest BCUT2D eigenvalue weighted by atomic mass is 127. The molecule has 1 fully saturated rings. The summed E-state index contributed by atoms with van der Waals surface area (Å²) in [7, 11) is 3.06. The predicted octanol–water partition coefficient (Wildman–Crippen LogP) is 2.65. The molecule has 0 saturated carbocycles. The van der Waals surface area contributed by atoms with Crippen LogP contribution in [0.1, 0.15) is 45.6 Å². The number of hydroxylamine groups is 2. The summed E-state index contributed by atoms with van der Waals surface area (Å²) in [6, 6.07) is 0. The second-order valence-electron chi connectivity index (χ2n) is 8.04. The highest BCUT2D eigenvalue weighted by Gasteiger charge is 2.29. The fourth-order valence-corrected chi connectivity index (χ4v) is 3.96. The Morgan fingerprint density at radius 3 is 2.41 bits per heavy atom. The van der Waals surface area contributed by atoms with E-state index in [0.717, 1.165) is 15.1 Å². The summed E-state index contributed by atoms with van der Waals surface area (Å²) in [5.41, 5.74) is 0.429. The number of hydrogen-bond acceptors (Lipinski definition) is 7. The smallest absolute Gasteiger partial charge is 0.410 e. The molecule has 162 valence electrons. The van der Waals surface area contributed by atoms with E-state index in [1.54, 1.807) is 11.9 Å². The van der Waals surface area contributed by atoms with E-state index in [1.165, 1.54) is 18.5 Å². The van der Waals surface area contributed by atoms with E-state index >= 15 is 0 Å². The SMILES string of the molecule is CON(C)C(=O)CC(C)c1c(I)ncnc1N1CCN(C(=O)OC(C)(C)C)CC1. The third-order valence-corrected chi connectivity index (χ3v) is 5.50. The first-order valence-corrected chi connectivity index (χ1v) is 10.6. The molecule has 10 heteroatoms. The highest BCUT2D eigenvalue weighted by Crippen LogP contribution is 2.32. The average molecular weight is 519 g/mol.